The number of hydrogen-bond acceptors (Lipinski definition) is 5. The SMILES string of the molecule is C[SiH](C)CO[Si](C)(C)O[Si](C)(CCCNCCN)O[Si](C)(C)C. The molecule has 5 nitrogen and oxygen atoms in total. The summed E-state index contributed by atoms with van der Waals surface area (Å²) >= 11 is 0. The van der Waals surface area contributed by atoms with Crippen LogP contribution in [0.3, 0.4) is 0 Å². The van der Waals surface area contributed by atoms with E-state index in [0.29, 0.717) is 6.54 Å². The molecule has 1 unspecified atom stereocenters. The van der Waals surface area contributed by atoms with Crippen molar-refractivity contribution in [3.63, 3.8) is 0 Å². The van der Waals surface area contributed by atoms with Gasteiger partial charge in [-0.1, -0.05) is 13.1 Å². The van der Waals surface area contributed by atoms with Crippen LogP contribution in [0.25, 0.3) is 0 Å². The average Bonchev–Trinajstić information content (AvgIpc) is 2.33. The first kappa shape index (κ1) is 23.7. The third-order valence-electron chi connectivity index (χ3n) is 3.05. The average molecular weight is 397 g/mol. The second-order valence-electron chi connectivity index (χ2n) is 8.20. The fraction of sp³-hybridized carbons (Fsp3) is 1.00. The second-order valence-corrected chi connectivity index (χ2v) is 23.0. The molecule has 0 radical (unpaired) electrons. The van der Waals surface area contributed by atoms with Crippen molar-refractivity contribution in [2.75, 3.05) is 25.9 Å². The Hall–Kier alpha value is 0.668. The molecule has 0 spiro atoms. The molecule has 0 fully saturated rings. The van der Waals surface area contributed by atoms with Crippen LogP contribution in [0.2, 0.25) is 58.4 Å². The van der Waals surface area contributed by atoms with Crippen LogP contribution in [-0.2, 0) is 12.7 Å². The lowest BCUT2D eigenvalue weighted by Gasteiger charge is -2.39. The highest BCUT2D eigenvalue weighted by molar-refractivity contribution is 6.86. The van der Waals surface area contributed by atoms with Crippen LogP contribution >= 0.6 is 0 Å². The van der Waals surface area contributed by atoms with E-state index in [-0.39, 0.29) is 0 Å². The second kappa shape index (κ2) is 10.6. The van der Waals surface area contributed by atoms with E-state index in [4.69, 9.17) is 18.4 Å². The van der Waals surface area contributed by atoms with Crippen molar-refractivity contribution in [1.82, 2.24) is 5.32 Å². The summed E-state index contributed by atoms with van der Waals surface area (Å²) in [5.74, 6) is 0. The summed E-state index contributed by atoms with van der Waals surface area (Å²) in [4.78, 5) is 0. The lowest BCUT2D eigenvalue weighted by atomic mass is 10.5. The van der Waals surface area contributed by atoms with Gasteiger partial charge < -0.3 is 23.7 Å². The van der Waals surface area contributed by atoms with Gasteiger partial charge in [0.25, 0.3) is 0 Å². The fourth-order valence-electron chi connectivity index (χ4n) is 2.45. The predicted molar refractivity (Wildman–Crippen MR) is 111 cm³/mol. The zero-order chi connectivity index (χ0) is 18.1. The zero-order valence-corrected chi connectivity index (χ0v) is 20.8. The van der Waals surface area contributed by atoms with Gasteiger partial charge in [0.2, 0.25) is 0 Å². The Labute approximate surface area is 148 Å². The Morgan fingerprint density at radius 2 is 1.57 bits per heavy atom. The lowest BCUT2D eigenvalue weighted by Crippen LogP contribution is -2.55. The topological polar surface area (TPSA) is 65.7 Å². The molecule has 0 aliphatic carbocycles. The van der Waals surface area contributed by atoms with Crippen molar-refractivity contribution >= 4 is 34.2 Å². The molecular formula is C14H40N2O3Si4. The van der Waals surface area contributed by atoms with Crippen LogP contribution in [0.4, 0.5) is 0 Å². The van der Waals surface area contributed by atoms with E-state index in [0.717, 1.165) is 31.8 Å². The molecule has 0 aromatic carbocycles. The number of hydrogen-bond donors (Lipinski definition) is 2. The van der Waals surface area contributed by atoms with Crippen molar-refractivity contribution in [1.29, 1.82) is 0 Å². The first-order chi connectivity index (χ1) is 10.4. The fourth-order valence-corrected chi connectivity index (χ4v) is 17.1. The minimum absolute atomic E-state index is 0.684. The number of nitrogens with two attached hydrogens (primary N) is 1. The van der Waals surface area contributed by atoms with Crippen molar-refractivity contribution in [3.05, 3.63) is 0 Å². The minimum Gasteiger partial charge on any atom is -0.437 e. The highest BCUT2D eigenvalue weighted by atomic mass is 28.5. The summed E-state index contributed by atoms with van der Waals surface area (Å²) in [5.41, 5.74) is 5.52. The maximum atomic E-state index is 6.60. The monoisotopic (exact) mass is 396 g/mol. The van der Waals surface area contributed by atoms with Gasteiger partial charge in [0.1, 0.15) is 0 Å². The number of rotatable bonds is 13. The molecule has 0 bridgehead atoms. The van der Waals surface area contributed by atoms with E-state index in [1.165, 1.54) is 0 Å². The molecule has 23 heavy (non-hydrogen) atoms. The molecule has 0 saturated carbocycles. The van der Waals surface area contributed by atoms with Gasteiger partial charge in [-0.3, -0.25) is 0 Å². The van der Waals surface area contributed by atoms with Gasteiger partial charge in [-0.15, -0.1) is 0 Å². The van der Waals surface area contributed by atoms with Gasteiger partial charge in [0.05, 0.1) is 8.80 Å². The third-order valence-corrected chi connectivity index (χ3v) is 14.2. The summed E-state index contributed by atoms with van der Waals surface area (Å²) in [5, 5.41) is 3.36. The maximum Gasteiger partial charge on any atom is 0.322 e. The van der Waals surface area contributed by atoms with Crippen LogP contribution in [0.5, 0.6) is 0 Å². The molecule has 140 valence electrons. The molecule has 0 rings (SSSR count). The van der Waals surface area contributed by atoms with Gasteiger partial charge in [0, 0.05) is 19.3 Å². The van der Waals surface area contributed by atoms with Crippen molar-refractivity contribution < 1.29 is 12.7 Å². The third kappa shape index (κ3) is 13.6. The normalized spacial score (nSPS) is 15.9. The largest absolute Gasteiger partial charge is 0.437 e. The van der Waals surface area contributed by atoms with Crippen LogP contribution in [0.15, 0.2) is 0 Å². The van der Waals surface area contributed by atoms with Gasteiger partial charge in [0.15, 0.2) is 8.32 Å². The Balaban J connectivity index is 4.70. The molecule has 0 saturated heterocycles. The molecule has 0 aromatic rings. The van der Waals surface area contributed by atoms with E-state index in [2.05, 4.69) is 57.7 Å². The van der Waals surface area contributed by atoms with Gasteiger partial charge in [-0.05, 0) is 58.3 Å². The Kier molecular flexibility index (Phi) is 10.9. The van der Waals surface area contributed by atoms with Gasteiger partial charge in [-0.25, -0.2) is 0 Å². The molecule has 0 aliphatic rings. The molecule has 1 atom stereocenters. The molecule has 0 aromatic heterocycles. The van der Waals surface area contributed by atoms with E-state index in [9.17, 15) is 0 Å². The molecular weight excluding hydrogens is 357 g/mol. The van der Waals surface area contributed by atoms with Crippen LogP contribution < -0.4 is 11.1 Å². The molecule has 0 amide bonds. The van der Waals surface area contributed by atoms with Crippen LogP contribution in [0, 0.1) is 0 Å². The quantitative estimate of drug-likeness (QED) is 0.370. The van der Waals surface area contributed by atoms with E-state index >= 15 is 0 Å². The standard InChI is InChI=1S/C14H40N2O3Si4/c1-20(2)14-17-22(6,7)19-23(8,18-21(3,4)5)13-9-11-16-12-10-15/h16,20H,9-15H2,1-8H3. The highest BCUT2D eigenvalue weighted by Crippen LogP contribution is 2.25. The number of nitrogens with one attached hydrogen (secondary N) is 1. The summed E-state index contributed by atoms with van der Waals surface area (Å²) < 4.78 is 19.3. The summed E-state index contributed by atoms with van der Waals surface area (Å²) in [6, 6.07) is 1.01. The molecule has 9 heteroatoms. The molecule has 0 aliphatic heterocycles. The summed E-state index contributed by atoms with van der Waals surface area (Å²) in [7, 11) is -6.70. The first-order valence-electron chi connectivity index (χ1n) is 8.84. The zero-order valence-electron chi connectivity index (χ0n) is 16.6. The molecule has 3 N–H and O–H groups in total. The smallest absolute Gasteiger partial charge is 0.322 e. The predicted octanol–water partition coefficient (Wildman–Crippen LogP) is 2.61. The van der Waals surface area contributed by atoms with E-state index in [1.807, 2.05) is 0 Å². The van der Waals surface area contributed by atoms with Crippen molar-refractivity contribution in [2.24, 2.45) is 5.73 Å². The Morgan fingerprint density at radius 1 is 0.957 bits per heavy atom. The molecule has 0 heterocycles. The highest BCUT2D eigenvalue weighted by Gasteiger charge is 2.42. The maximum absolute atomic E-state index is 6.60. The van der Waals surface area contributed by atoms with Crippen LogP contribution in [-0.4, -0.2) is 60.1 Å². The minimum atomic E-state index is -2.21. The van der Waals surface area contributed by atoms with Crippen molar-refractivity contribution in [3.8, 4) is 0 Å². The van der Waals surface area contributed by atoms with Crippen LogP contribution in [0.1, 0.15) is 6.42 Å². The van der Waals surface area contributed by atoms with Gasteiger partial charge >= 0.3 is 17.1 Å². The van der Waals surface area contributed by atoms with E-state index < -0.39 is 34.2 Å². The van der Waals surface area contributed by atoms with Crippen molar-refractivity contribution in [2.45, 2.75) is 64.8 Å². The lowest BCUT2D eigenvalue weighted by molar-refractivity contribution is 0.260. The first-order valence-corrected chi connectivity index (χ1v) is 20.7. The van der Waals surface area contributed by atoms with E-state index in [1.54, 1.807) is 0 Å². The summed E-state index contributed by atoms with van der Waals surface area (Å²) in [6.07, 6.45) is 1.96. The van der Waals surface area contributed by atoms with Gasteiger partial charge in [-0.2, -0.15) is 0 Å². The Bertz CT molecular complexity index is 328. The Morgan fingerprint density at radius 3 is 2.04 bits per heavy atom. The summed E-state index contributed by atoms with van der Waals surface area (Å²) in [6.45, 7) is 20.4.